The van der Waals surface area contributed by atoms with E-state index in [2.05, 4.69) is 34.6 Å². The minimum atomic E-state index is -0.950. The highest BCUT2D eigenvalue weighted by molar-refractivity contribution is 5.93. The van der Waals surface area contributed by atoms with Crippen LogP contribution in [0, 0.1) is 23.7 Å². The van der Waals surface area contributed by atoms with E-state index in [1.165, 1.54) is 0 Å². The monoisotopic (exact) mass is 448 g/mol. The Bertz CT molecular complexity index is 1040. The summed E-state index contributed by atoms with van der Waals surface area (Å²) in [5.74, 6) is 2.87. The number of hydrogen-bond acceptors (Lipinski definition) is 4. The lowest BCUT2D eigenvalue weighted by Gasteiger charge is -2.14. The zero-order valence-electron chi connectivity index (χ0n) is 18.8. The predicted molar refractivity (Wildman–Crippen MR) is 124 cm³/mol. The number of carbonyl (C=O) groups excluding carboxylic acids is 2. The van der Waals surface area contributed by atoms with Crippen LogP contribution in [0.25, 0.3) is 11.1 Å². The Morgan fingerprint density at radius 1 is 1.00 bits per heavy atom. The molecule has 2 aromatic rings. The molecule has 3 N–H and O–H groups in total. The summed E-state index contributed by atoms with van der Waals surface area (Å²) in [5, 5.41) is 14.2. The molecular weight excluding hydrogens is 420 g/mol. The van der Waals surface area contributed by atoms with Crippen molar-refractivity contribution < 1.29 is 24.2 Å². The van der Waals surface area contributed by atoms with Gasteiger partial charge in [-0.1, -0.05) is 68.3 Å². The van der Waals surface area contributed by atoms with Gasteiger partial charge < -0.3 is 20.5 Å². The van der Waals surface area contributed by atoms with Crippen LogP contribution < -0.4 is 10.6 Å². The van der Waals surface area contributed by atoms with Crippen molar-refractivity contribution in [3.05, 3.63) is 59.7 Å². The second-order valence-electron chi connectivity index (χ2n) is 8.36. The molecule has 1 aliphatic carbocycles. The number of fused-ring (bicyclic) bond motifs is 3. The van der Waals surface area contributed by atoms with Crippen molar-refractivity contribution in [2.24, 2.45) is 11.8 Å². The lowest BCUT2D eigenvalue weighted by atomic mass is 9.97. The van der Waals surface area contributed by atoms with E-state index < -0.39 is 23.9 Å². The van der Waals surface area contributed by atoms with E-state index in [4.69, 9.17) is 4.74 Å². The van der Waals surface area contributed by atoms with Gasteiger partial charge in [0.2, 0.25) is 0 Å². The fourth-order valence-corrected chi connectivity index (χ4v) is 3.99. The van der Waals surface area contributed by atoms with E-state index >= 15 is 0 Å². The van der Waals surface area contributed by atoms with Gasteiger partial charge in [-0.05, 0) is 40.5 Å². The van der Waals surface area contributed by atoms with Gasteiger partial charge in [0.05, 0.1) is 12.5 Å². The maximum absolute atomic E-state index is 12.1. The van der Waals surface area contributed by atoms with Gasteiger partial charge in [-0.2, -0.15) is 0 Å². The van der Waals surface area contributed by atoms with Gasteiger partial charge in [0.15, 0.2) is 0 Å². The van der Waals surface area contributed by atoms with E-state index in [0.717, 1.165) is 22.3 Å². The molecule has 1 aliphatic rings. The van der Waals surface area contributed by atoms with Crippen LogP contribution in [-0.2, 0) is 14.3 Å². The second-order valence-corrected chi connectivity index (χ2v) is 8.36. The topological polar surface area (TPSA) is 105 Å². The maximum atomic E-state index is 12.1. The van der Waals surface area contributed by atoms with Crippen LogP contribution in [0.2, 0.25) is 0 Å². The van der Waals surface area contributed by atoms with Crippen LogP contribution in [0.1, 0.15) is 37.3 Å². The van der Waals surface area contributed by atoms with E-state index in [0.29, 0.717) is 6.42 Å². The number of hydrogen-bond donors (Lipinski definition) is 3. The van der Waals surface area contributed by atoms with Crippen LogP contribution in [0.4, 0.5) is 4.79 Å². The normalized spacial score (nSPS) is 12.7. The number of carboxylic acids is 1. The van der Waals surface area contributed by atoms with Gasteiger partial charge in [-0.3, -0.25) is 9.59 Å². The standard InChI is InChI=1S/C26H28N2O5/c1-17(2)14-18(25(30)31)15-28-24(29)12-7-13-27-26(32)33-16-23-21-10-5-3-8-19(21)20-9-4-6-11-22(20)23/h3-6,8-11,17-18,23H,13-16H2,1-2H3,(H,27,32)(H,28,29)(H,30,31). The van der Waals surface area contributed by atoms with Crippen molar-refractivity contribution in [2.45, 2.75) is 26.2 Å². The number of nitrogens with one attached hydrogen (secondary N) is 2. The molecule has 0 bridgehead atoms. The zero-order chi connectivity index (χ0) is 23.8. The first-order valence-electron chi connectivity index (χ1n) is 10.9. The molecule has 2 amide bonds. The second kappa shape index (κ2) is 11.2. The highest BCUT2D eigenvalue weighted by Gasteiger charge is 2.28. The van der Waals surface area contributed by atoms with Crippen molar-refractivity contribution in [2.75, 3.05) is 19.7 Å². The number of amides is 2. The van der Waals surface area contributed by atoms with Gasteiger partial charge in [0.25, 0.3) is 5.91 Å². The van der Waals surface area contributed by atoms with Crippen LogP contribution >= 0.6 is 0 Å². The molecule has 0 radical (unpaired) electrons. The number of alkyl carbamates (subject to hydrolysis) is 1. The minimum absolute atomic E-state index is 0.0147. The fraction of sp³-hybridized carbons (Fsp3) is 0.346. The largest absolute Gasteiger partial charge is 0.481 e. The average Bonchev–Trinajstić information content (AvgIpc) is 3.11. The van der Waals surface area contributed by atoms with Gasteiger partial charge in [-0.15, -0.1) is 0 Å². The number of rotatable bonds is 8. The maximum Gasteiger partial charge on any atom is 0.407 e. The third-order valence-electron chi connectivity index (χ3n) is 5.48. The fourth-order valence-electron chi connectivity index (χ4n) is 3.99. The summed E-state index contributed by atoms with van der Waals surface area (Å²) in [6.07, 6.45) is -0.152. The number of aliphatic carboxylic acids is 1. The molecule has 7 heteroatoms. The lowest BCUT2D eigenvalue weighted by molar-refractivity contribution is -0.142. The van der Waals surface area contributed by atoms with E-state index in [1.54, 1.807) is 0 Å². The summed E-state index contributed by atoms with van der Waals surface area (Å²) < 4.78 is 5.41. The molecule has 172 valence electrons. The van der Waals surface area contributed by atoms with Crippen LogP contribution in [0.5, 0.6) is 0 Å². The molecule has 1 unspecified atom stereocenters. The molecule has 0 aliphatic heterocycles. The van der Waals surface area contributed by atoms with E-state index in [-0.39, 0.29) is 31.5 Å². The predicted octanol–water partition coefficient (Wildman–Crippen LogP) is 3.39. The molecule has 0 heterocycles. The van der Waals surface area contributed by atoms with Crippen molar-refractivity contribution in [1.29, 1.82) is 0 Å². The van der Waals surface area contributed by atoms with Crippen molar-refractivity contribution in [1.82, 2.24) is 10.6 Å². The first-order chi connectivity index (χ1) is 15.9. The Balaban J connectivity index is 1.44. The highest BCUT2D eigenvalue weighted by Crippen LogP contribution is 2.44. The third-order valence-corrected chi connectivity index (χ3v) is 5.48. The molecular formula is C26H28N2O5. The molecule has 0 saturated heterocycles. The summed E-state index contributed by atoms with van der Waals surface area (Å²) in [7, 11) is 0. The summed E-state index contributed by atoms with van der Waals surface area (Å²) in [5.41, 5.74) is 4.55. The van der Waals surface area contributed by atoms with Crippen LogP contribution in [-0.4, -0.2) is 42.8 Å². The zero-order valence-corrected chi connectivity index (χ0v) is 18.8. The van der Waals surface area contributed by atoms with E-state index in [9.17, 15) is 19.5 Å². The molecule has 0 fully saturated rings. The number of ether oxygens (including phenoxy) is 1. The molecule has 7 nitrogen and oxygen atoms in total. The molecule has 0 saturated carbocycles. The third kappa shape index (κ3) is 6.36. The molecule has 0 aromatic heterocycles. The Hall–Kier alpha value is -3.79. The lowest BCUT2D eigenvalue weighted by Crippen LogP contribution is -2.33. The molecule has 0 spiro atoms. The van der Waals surface area contributed by atoms with Gasteiger partial charge in [0, 0.05) is 12.5 Å². The quantitative estimate of drug-likeness (QED) is 0.537. The van der Waals surface area contributed by atoms with Gasteiger partial charge in [0.1, 0.15) is 6.61 Å². The Kier molecular flexibility index (Phi) is 8.09. The Morgan fingerprint density at radius 2 is 1.61 bits per heavy atom. The van der Waals surface area contributed by atoms with Crippen molar-refractivity contribution in [3.8, 4) is 23.0 Å². The molecule has 1 atom stereocenters. The summed E-state index contributed by atoms with van der Waals surface area (Å²) in [6, 6.07) is 16.1. The summed E-state index contributed by atoms with van der Waals surface area (Å²) >= 11 is 0. The SMILES string of the molecule is CC(C)CC(CNC(=O)C#CCNC(=O)OCC1c2ccccc2-c2ccccc21)C(=O)O. The van der Waals surface area contributed by atoms with Crippen LogP contribution in [0.15, 0.2) is 48.5 Å². The van der Waals surface area contributed by atoms with E-state index in [1.807, 2.05) is 50.2 Å². The minimum Gasteiger partial charge on any atom is -0.481 e. The summed E-state index contributed by atoms with van der Waals surface area (Å²) in [6.45, 7) is 4.00. The number of carboxylic acid groups (broad SMARTS) is 1. The van der Waals surface area contributed by atoms with Gasteiger partial charge in [-0.25, -0.2) is 4.79 Å². The smallest absolute Gasteiger partial charge is 0.407 e. The first kappa shape index (κ1) is 23.9. The Morgan fingerprint density at radius 3 is 2.18 bits per heavy atom. The molecule has 33 heavy (non-hydrogen) atoms. The number of carbonyl (C=O) groups is 3. The molecule has 3 rings (SSSR count). The van der Waals surface area contributed by atoms with Crippen molar-refractivity contribution in [3.63, 3.8) is 0 Å². The highest BCUT2D eigenvalue weighted by atomic mass is 16.5. The number of benzene rings is 2. The van der Waals surface area contributed by atoms with Crippen LogP contribution in [0.3, 0.4) is 0 Å². The average molecular weight is 449 g/mol. The summed E-state index contributed by atoms with van der Waals surface area (Å²) in [4.78, 5) is 35.1. The first-order valence-corrected chi connectivity index (χ1v) is 10.9. The van der Waals surface area contributed by atoms with Gasteiger partial charge >= 0.3 is 12.1 Å². The molecule has 2 aromatic carbocycles. The van der Waals surface area contributed by atoms with Crippen molar-refractivity contribution >= 4 is 18.0 Å². The Labute approximate surface area is 193 Å².